The summed E-state index contributed by atoms with van der Waals surface area (Å²) in [7, 11) is 0. The lowest BCUT2D eigenvalue weighted by atomic mass is 9.94. The summed E-state index contributed by atoms with van der Waals surface area (Å²) in [5.41, 5.74) is 1.10. The number of fused-ring (bicyclic) bond motifs is 2. The molecule has 0 N–H and O–H groups in total. The maximum Gasteiger partial charge on any atom is 0.280 e. The lowest BCUT2D eigenvalue weighted by Crippen LogP contribution is -2.02. The molecule has 0 saturated heterocycles. The zero-order valence-electron chi connectivity index (χ0n) is 15.7. The van der Waals surface area contributed by atoms with E-state index in [1.54, 1.807) is 0 Å². The minimum atomic E-state index is -0.570. The first-order valence-corrected chi connectivity index (χ1v) is 9.43. The lowest BCUT2D eigenvalue weighted by molar-refractivity contribution is -0.385. The zero-order chi connectivity index (χ0) is 20.2. The average Bonchev–Trinajstić information content (AvgIpc) is 2.75. The van der Waals surface area contributed by atoms with E-state index in [1.807, 2.05) is 12.1 Å². The van der Waals surface area contributed by atoms with Crippen LogP contribution in [0.5, 0.6) is 5.75 Å². The van der Waals surface area contributed by atoms with Gasteiger partial charge in [0.2, 0.25) is 0 Å². The van der Waals surface area contributed by atoms with Gasteiger partial charge in [0.15, 0.2) is 6.29 Å². The highest BCUT2D eigenvalue weighted by Crippen LogP contribution is 2.29. The fourth-order valence-electron chi connectivity index (χ4n) is 3.70. The predicted molar refractivity (Wildman–Crippen MR) is 114 cm³/mol. The van der Waals surface area contributed by atoms with Crippen molar-refractivity contribution in [1.82, 2.24) is 0 Å². The average molecular weight is 385 g/mol. The molecule has 0 unspecified atom stereocenters. The largest absolute Gasteiger partial charge is 0.494 e. The Morgan fingerprint density at radius 2 is 1.55 bits per heavy atom. The number of aryl methyl sites for hydroxylation is 1. The van der Waals surface area contributed by atoms with E-state index >= 15 is 0 Å². The molecule has 0 aliphatic heterocycles. The Kier molecular flexibility index (Phi) is 5.20. The number of hydrogen-bond acceptors (Lipinski definition) is 4. The van der Waals surface area contributed by atoms with Crippen molar-refractivity contribution in [3.8, 4) is 5.75 Å². The van der Waals surface area contributed by atoms with E-state index in [1.165, 1.54) is 45.3 Å². The summed E-state index contributed by atoms with van der Waals surface area (Å²) in [4.78, 5) is 21.4. The first kappa shape index (κ1) is 18.6. The highest BCUT2D eigenvalue weighted by Gasteiger charge is 2.14. The van der Waals surface area contributed by atoms with Crippen molar-refractivity contribution < 1.29 is 14.5 Å². The molecular formula is C24H19NO4. The molecular weight excluding hydrogens is 366 g/mol. The minimum absolute atomic E-state index is 0.0209. The van der Waals surface area contributed by atoms with Gasteiger partial charge in [0.1, 0.15) is 5.75 Å². The Hall–Kier alpha value is -3.73. The van der Waals surface area contributed by atoms with Crippen LogP contribution in [0.2, 0.25) is 0 Å². The standard InChI is InChI=1S/C24H19NO4/c26-16-19-15-20(11-12-24(19)25(27)28)29-13-5-10-23-21-8-3-1-6-17(21)14-18-7-2-4-9-22(18)23/h1-4,6-9,11-12,14-16H,5,10,13H2. The summed E-state index contributed by atoms with van der Waals surface area (Å²) in [6, 6.07) is 23.2. The van der Waals surface area contributed by atoms with Gasteiger partial charge in [-0.15, -0.1) is 0 Å². The number of nitro benzene ring substituents is 1. The fraction of sp³-hybridized carbons (Fsp3) is 0.125. The van der Waals surface area contributed by atoms with Crippen molar-refractivity contribution in [2.45, 2.75) is 12.8 Å². The third-order valence-electron chi connectivity index (χ3n) is 5.05. The number of benzene rings is 4. The van der Waals surface area contributed by atoms with Gasteiger partial charge >= 0.3 is 0 Å². The second-order valence-corrected chi connectivity index (χ2v) is 6.84. The molecule has 4 aromatic rings. The monoisotopic (exact) mass is 385 g/mol. The number of ether oxygens (including phenoxy) is 1. The van der Waals surface area contributed by atoms with Crippen LogP contribution in [-0.2, 0) is 6.42 Å². The molecule has 0 bridgehead atoms. The lowest BCUT2D eigenvalue weighted by Gasteiger charge is -2.12. The second-order valence-electron chi connectivity index (χ2n) is 6.84. The molecule has 0 spiro atoms. The first-order chi connectivity index (χ1) is 14.2. The van der Waals surface area contributed by atoms with E-state index in [4.69, 9.17) is 4.74 Å². The number of nitro groups is 1. The molecule has 4 rings (SSSR count). The van der Waals surface area contributed by atoms with Gasteiger partial charge in [-0.3, -0.25) is 14.9 Å². The second kappa shape index (κ2) is 8.10. The first-order valence-electron chi connectivity index (χ1n) is 9.43. The van der Waals surface area contributed by atoms with Crippen LogP contribution >= 0.6 is 0 Å². The molecule has 0 aliphatic carbocycles. The van der Waals surface area contributed by atoms with Gasteiger partial charge in [0.25, 0.3) is 5.69 Å². The summed E-state index contributed by atoms with van der Waals surface area (Å²) in [5, 5.41) is 15.8. The van der Waals surface area contributed by atoms with Crippen LogP contribution in [-0.4, -0.2) is 17.8 Å². The van der Waals surface area contributed by atoms with E-state index in [9.17, 15) is 14.9 Å². The van der Waals surface area contributed by atoms with Crippen molar-refractivity contribution in [2.75, 3.05) is 6.61 Å². The third kappa shape index (κ3) is 3.80. The summed E-state index contributed by atoms with van der Waals surface area (Å²) >= 11 is 0. The van der Waals surface area contributed by atoms with Crippen molar-refractivity contribution in [1.29, 1.82) is 0 Å². The maximum atomic E-state index is 11.1. The molecule has 0 aromatic heterocycles. The predicted octanol–water partition coefficient (Wildman–Crippen LogP) is 5.73. The van der Waals surface area contributed by atoms with Gasteiger partial charge in [-0.2, -0.15) is 0 Å². The van der Waals surface area contributed by atoms with Crippen LogP contribution in [0.1, 0.15) is 22.3 Å². The smallest absolute Gasteiger partial charge is 0.280 e. The fourth-order valence-corrected chi connectivity index (χ4v) is 3.70. The Labute approximate surface area is 167 Å². The molecule has 0 atom stereocenters. The zero-order valence-corrected chi connectivity index (χ0v) is 15.7. The highest BCUT2D eigenvalue weighted by atomic mass is 16.6. The number of carbonyl (C=O) groups excluding carboxylic acids is 1. The van der Waals surface area contributed by atoms with E-state index in [2.05, 4.69) is 42.5 Å². The molecule has 0 radical (unpaired) electrons. The SMILES string of the molecule is O=Cc1cc(OCCCc2c3ccccc3cc3ccccc23)ccc1[N+](=O)[O-]. The minimum Gasteiger partial charge on any atom is -0.494 e. The van der Waals surface area contributed by atoms with Gasteiger partial charge in [0.05, 0.1) is 17.1 Å². The molecule has 0 aliphatic rings. The quantitative estimate of drug-likeness (QED) is 0.134. The summed E-state index contributed by atoms with van der Waals surface area (Å²) in [6.07, 6.45) is 2.11. The van der Waals surface area contributed by atoms with E-state index in [0.29, 0.717) is 18.6 Å². The van der Waals surface area contributed by atoms with Crippen LogP contribution < -0.4 is 4.74 Å². The van der Waals surface area contributed by atoms with Crippen LogP contribution in [0.25, 0.3) is 21.5 Å². The summed E-state index contributed by atoms with van der Waals surface area (Å²) < 4.78 is 5.75. The van der Waals surface area contributed by atoms with E-state index < -0.39 is 4.92 Å². The van der Waals surface area contributed by atoms with Gasteiger partial charge in [-0.1, -0.05) is 48.5 Å². The van der Waals surface area contributed by atoms with E-state index in [-0.39, 0.29) is 11.3 Å². The van der Waals surface area contributed by atoms with Crippen molar-refractivity contribution in [3.05, 3.63) is 94.0 Å². The Balaban J connectivity index is 1.52. The van der Waals surface area contributed by atoms with Gasteiger partial charge < -0.3 is 4.74 Å². The van der Waals surface area contributed by atoms with Crippen molar-refractivity contribution in [3.63, 3.8) is 0 Å². The molecule has 0 saturated carbocycles. The Morgan fingerprint density at radius 1 is 0.897 bits per heavy atom. The van der Waals surface area contributed by atoms with Gasteiger partial charge in [-0.25, -0.2) is 0 Å². The highest BCUT2D eigenvalue weighted by molar-refractivity contribution is 6.02. The van der Waals surface area contributed by atoms with Crippen molar-refractivity contribution >= 4 is 33.5 Å². The molecule has 0 amide bonds. The van der Waals surface area contributed by atoms with Crippen LogP contribution in [0.4, 0.5) is 5.69 Å². The Morgan fingerprint density at radius 3 is 2.17 bits per heavy atom. The normalized spacial score (nSPS) is 10.9. The van der Waals surface area contributed by atoms with E-state index in [0.717, 1.165) is 12.8 Å². The number of hydrogen-bond donors (Lipinski definition) is 0. The summed E-state index contributed by atoms with van der Waals surface area (Å²) in [5.74, 6) is 0.459. The molecule has 144 valence electrons. The van der Waals surface area contributed by atoms with Crippen LogP contribution in [0.15, 0.2) is 72.8 Å². The molecule has 0 fully saturated rings. The number of aldehydes is 1. The maximum absolute atomic E-state index is 11.1. The molecule has 4 aromatic carbocycles. The molecule has 5 heteroatoms. The molecule has 0 heterocycles. The van der Waals surface area contributed by atoms with Gasteiger partial charge in [-0.05, 0) is 58.1 Å². The molecule has 5 nitrogen and oxygen atoms in total. The Bertz CT molecular complexity index is 1160. The van der Waals surface area contributed by atoms with Crippen molar-refractivity contribution in [2.24, 2.45) is 0 Å². The number of carbonyl (C=O) groups is 1. The summed E-state index contributed by atoms with van der Waals surface area (Å²) in [6.45, 7) is 0.452. The van der Waals surface area contributed by atoms with Gasteiger partial charge in [0, 0.05) is 6.07 Å². The topological polar surface area (TPSA) is 69.4 Å². The molecule has 29 heavy (non-hydrogen) atoms. The number of nitrogens with zero attached hydrogens (tertiary/aromatic N) is 1. The van der Waals surface area contributed by atoms with Crippen LogP contribution in [0, 0.1) is 10.1 Å². The number of rotatable bonds is 7. The third-order valence-corrected chi connectivity index (χ3v) is 5.05. The van der Waals surface area contributed by atoms with Crippen LogP contribution in [0.3, 0.4) is 0 Å².